The first-order chi connectivity index (χ1) is 13.0. The number of carboxylic acids is 1. The number of carbonyl (C=O) groups is 3. The summed E-state index contributed by atoms with van der Waals surface area (Å²) in [5.41, 5.74) is 3.01. The monoisotopic (exact) mass is 370 g/mol. The predicted molar refractivity (Wildman–Crippen MR) is 100 cm³/mol. The quantitative estimate of drug-likeness (QED) is 0.834. The van der Waals surface area contributed by atoms with E-state index < -0.39 is 12.0 Å². The van der Waals surface area contributed by atoms with Crippen molar-refractivity contribution in [1.82, 2.24) is 4.90 Å². The number of likely N-dealkylation sites (tertiary alicyclic amines) is 1. The fourth-order valence-electron chi connectivity index (χ4n) is 5.05. The molecule has 1 saturated heterocycles. The largest absolute Gasteiger partial charge is 0.480 e. The molecule has 27 heavy (non-hydrogen) atoms. The number of amides is 2. The molecule has 2 heterocycles. The van der Waals surface area contributed by atoms with E-state index in [1.54, 1.807) is 4.90 Å². The Balaban J connectivity index is 1.36. The van der Waals surface area contributed by atoms with Crippen molar-refractivity contribution in [2.75, 3.05) is 5.32 Å². The zero-order chi connectivity index (χ0) is 19.0. The number of aryl methyl sites for hydroxylation is 1. The second-order valence-electron chi connectivity index (χ2n) is 8.07. The van der Waals surface area contributed by atoms with E-state index in [2.05, 4.69) is 5.32 Å². The summed E-state index contributed by atoms with van der Waals surface area (Å²) in [4.78, 5) is 37.7. The number of carbonyl (C=O) groups excluding carboxylic acids is 2. The van der Waals surface area contributed by atoms with E-state index in [4.69, 9.17) is 0 Å². The van der Waals surface area contributed by atoms with Gasteiger partial charge >= 0.3 is 5.97 Å². The molecule has 4 rings (SSSR count). The van der Waals surface area contributed by atoms with Gasteiger partial charge in [-0.2, -0.15) is 0 Å². The van der Waals surface area contributed by atoms with Crippen LogP contribution in [0.4, 0.5) is 5.69 Å². The molecule has 0 bridgehead atoms. The van der Waals surface area contributed by atoms with Gasteiger partial charge < -0.3 is 15.3 Å². The molecule has 0 radical (unpaired) electrons. The van der Waals surface area contributed by atoms with Crippen LogP contribution in [0, 0.1) is 5.92 Å². The van der Waals surface area contributed by atoms with Gasteiger partial charge in [0.05, 0.1) is 6.42 Å². The molecule has 3 aliphatic rings. The van der Waals surface area contributed by atoms with Gasteiger partial charge in [-0.25, -0.2) is 4.79 Å². The predicted octanol–water partition coefficient (Wildman–Crippen LogP) is 2.75. The van der Waals surface area contributed by atoms with Crippen molar-refractivity contribution in [2.45, 2.75) is 69.9 Å². The first-order valence-electron chi connectivity index (χ1n) is 9.98. The van der Waals surface area contributed by atoms with Gasteiger partial charge in [0.15, 0.2) is 0 Å². The fraction of sp³-hybridized carbons (Fsp3) is 0.571. The number of carboxylic acid groups (broad SMARTS) is 1. The van der Waals surface area contributed by atoms with Crippen LogP contribution >= 0.6 is 0 Å². The molecule has 6 heteroatoms. The van der Waals surface area contributed by atoms with Gasteiger partial charge in [-0.3, -0.25) is 9.59 Å². The molecule has 144 valence electrons. The molecule has 3 atom stereocenters. The van der Waals surface area contributed by atoms with Crippen LogP contribution in [0.1, 0.15) is 56.1 Å². The zero-order valence-corrected chi connectivity index (χ0v) is 15.4. The van der Waals surface area contributed by atoms with Gasteiger partial charge in [0.1, 0.15) is 6.04 Å². The Morgan fingerprint density at radius 3 is 2.85 bits per heavy atom. The van der Waals surface area contributed by atoms with Crippen LogP contribution in [-0.4, -0.2) is 39.9 Å². The lowest BCUT2D eigenvalue weighted by Crippen LogP contribution is -2.46. The number of hydrogen-bond acceptors (Lipinski definition) is 3. The number of anilines is 1. The highest BCUT2D eigenvalue weighted by Crippen LogP contribution is 2.40. The SMILES string of the molecule is O=C1Cc2cc(CCCC(=O)N3[C@@H]4CCCC[C@H]4C[C@H]3C(=O)O)ccc2N1. The summed E-state index contributed by atoms with van der Waals surface area (Å²) in [6, 6.07) is 5.41. The van der Waals surface area contributed by atoms with Crippen LogP contribution in [0.15, 0.2) is 18.2 Å². The van der Waals surface area contributed by atoms with Crippen molar-refractivity contribution in [2.24, 2.45) is 5.92 Å². The van der Waals surface area contributed by atoms with E-state index in [9.17, 15) is 19.5 Å². The van der Waals surface area contributed by atoms with Crippen molar-refractivity contribution in [3.05, 3.63) is 29.3 Å². The second kappa shape index (κ2) is 7.33. The molecule has 1 aromatic rings. The van der Waals surface area contributed by atoms with E-state index in [1.807, 2.05) is 18.2 Å². The number of nitrogens with one attached hydrogen (secondary N) is 1. The Hall–Kier alpha value is -2.37. The smallest absolute Gasteiger partial charge is 0.326 e. The molecule has 2 amide bonds. The lowest BCUT2D eigenvalue weighted by molar-refractivity contribution is -0.149. The molecular formula is C21H26N2O4. The second-order valence-corrected chi connectivity index (χ2v) is 8.07. The molecule has 0 aromatic heterocycles. The van der Waals surface area contributed by atoms with Crippen molar-refractivity contribution >= 4 is 23.5 Å². The minimum Gasteiger partial charge on any atom is -0.480 e. The van der Waals surface area contributed by atoms with Gasteiger partial charge in [-0.1, -0.05) is 25.0 Å². The maximum Gasteiger partial charge on any atom is 0.326 e. The van der Waals surface area contributed by atoms with Crippen LogP contribution in [0.2, 0.25) is 0 Å². The van der Waals surface area contributed by atoms with Crippen LogP contribution < -0.4 is 5.32 Å². The Morgan fingerprint density at radius 1 is 1.22 bits per heavy atom. The number of aliphatic carboxylic acids is 1. The summed E-state index contributed by atoms with van der Waals surface area (Å²) >= 11 is 0. The standard InChI is InChI=1S/C21H26N2O4/c24-19-12-15-10-13(8-9-16(15)22-19)4-3-7-20(25)23-17-6-2-1-5-14(17)11-18(23)21(26)27/h8-10,14,17-18H,1-7,11-12H2,(H,22,24)(H,26,27)/t14-,17+,18-/m0/s1. The molecule has 1 aliphatic carbocycles. The molecule has 2 aliphatic heterocycles. The summed E-state index contributed by atoms with van der Waals surface area (Å²) in [5, 5.41) is 12.4. The molecule has 2 N–H and O–H groups in total. The lowest BCUT2D eigenvalue weighted by Gasteiger charge is -2.33. The Morgan fingerprint density at radius 2 is 2.04 bits per heavy atom. The third-order valence-electron chi connectivity index (χ3n) is 6.31. The third-order valence-corrected chi connectivity index (χ3v) is 6.31. The minimum absolute atomic E-state index is 0.0187. The van der Waals surface area contributed by atoms with Crippen molar-refractivity contribution in [3.8, 4) is 0 Å². The average molecular weight is 370 g/mol. The van der Waals surface area contributed by atoms with Crippen LogP contribution in [0.25, 0.3) is 0 Å². The summed E-state index contributed by atoms with van der Waals surface area (Å²) in [7, 11) is 0. The zero-order valence-electron chi connectivity index (χ0n) is 15.4. The molecule has 6 nitrogen and oxygen atoms in total. The average Bonchev–Trinajstić information content (AvgIpc) is 3.20. The lowest BCUT2D eigenvalue weighted by atomic mass is 9.84. The Bertz CT molecular complexity index is 775. The number of fused-ring (bicyclic) bond motifs is 2. The van der Waals surface area contributed by atoms with Gasteiger partial charge in [0, 0.05) is 18.2 Å². The van der Waals surface area contributed by atoms with E-state index >= 15 is 0 Å². The number of benzene rings is 1. The molecule has 0 unspecified atom stereocenters. The third kappa shape index (κ3) is 3.57. The summed E-state index contributed by atoms with van der Waals surface area (Å²) in [6.45, 7) is 0. The van der Waals surface area contributed by atoms with Crippen LogP contribution in [0.5, 0.6) is 0 Å². The Labute approximate surface area is 158 Å². The number of rotatable bonds is 5. The highest BCUT2D eigenvalue weighted by molar-refractivity contribution is 5.99. The van der Waals surface area contributed by atoms with Crippen LogP contribution in [0.3, 0.4) is 0 Å². The normalized spacial score (nSPS) is 26.4. The van der Waals surface area contributed by atoms with E-state index in [0.717, 1.165) is 48.9 Å². The minimum atomic E-state index is -0.867. The van der Waals surface area contributed by atoms with Crippen LogP contribution in [-0.2, 0) is 27.2 Å². The van der Waals surface area contributed by atoms with Gasteiger partial charge in [-0.15, -0.1) is 0 Å². The summed E-state index contributed by atoms with van der Waals surface area (Å²) < 4.78 is 0. The summed E-state index contributed by atoms with van der Waals surface area (Å²) in [6.07, 6.45) is 7.06. The molecule has 1 saturated carbocycles. The highest BCUT2D eigenvalue weighted by atomic mass is 16.4. The van der Waals surface area contributed by atoms with Gasteiger partial charge in [0.2, 0.25) is 11.8 Å². The van der Waals surface area contributed by atoms with Crippen molar-refractivity contribution < 1.29 is 19.5 Å². The fourth-order valence-corrected chi connectivity index (χ4v) is 5.05. The summed E-state index contributed by atoms with van der Waals surface area (Å²) in [5.74, 6) is -0.512. The molecule has 1 aromatic carbocycles. The van der Waals surface area contributed by atoms with Gasteiger partial charge in [-0.05, 0) is 55.2 Å². The van der Waals surface area contributed by atoms with Gasteiger partial charge in [0.25, 0.3) is 0 Å². The van der Waals surface area contributed by atoms with E-state index in [1.165, 1.54) is 0 Å². The topological polar surface area (TPSA) is 86.7 Å². The molecular weight excluding hydrogens is 344 g/mol. The Kier molecular flexibility index (Phi) is 4.89. The first kappa shape index (κ1) is 18.0. The first-order valence-corrected chi connectivity index (χ1v) is 9.98. The van der Waals surface area contributed by atoms with E-state index in [-0.39, 0.29) is 17.9 Å². The van der Waals surface area contributed by atoms with Crippen molar-refractivity contribution in [3.63, 3.8) is 0 Å². The maximum atomic E-state index is 12.8. The highest BCUT2D eigenvalue weighted by Gasteiger charge is 2.47. The van der Waals surface area contributed by atoms with Crippen molar-refractivity contribution in [1.29, 1.82) is 0 Å². The molecule has 0 spiro atoms. The maximum absolute atomic E-state index is 12.8. The molecule has 2 fully saturated rings. The number of hydrogen-bond donors (Lipinski definition) is 2. The van der Waals surface area contributed by atoms with E-state index in [0.29, 0.717) is 31.6 Å². The number of nitrogens with zero attached hydrogens (tertiary/aromatic N) is 1.